The van der Waals surface area contributed by atoms with E-state index in [0.717, 1.165) is 19.3 Å². The molecule has 3 aromatic rings. The number of nitrogens with one attached hydrogen (secondary N) is 2. The average molecular weight is 430 g/mol. The van der Waals surface area contributed by atoms with Crippen molar-refractivity contribution >= 4 is 38.1 Å². The third-order valence-electron chi connectivity index (χ3n) is 4.54. The number of thiazole rings is 1. The fourth-order valence-corrected chi connectivity index (χ4v) is 4.94. The summed E-state index contributed by atoms with van der Waals surface area (Å²) in [5, 5.41) is 4.68. The fraction of sp³-hybridized carbons (Fsp3) is 0.200. The highest BCUT2D eigenvalue weighted by Crippen LogP contribution is 2.26. The van der Waals surface area contributed by atoms with Gasteiger partial charge in [-0.05, 0) is 66.8 Å². The number of aromatic nitrogens is 1. The van der Waals surface area contributed by atoms with Crippen LogP contribution in [-0.2, 0) is 27.7 Å². The number of ether oxygens (including phenoxy) is 1. The number of fused-ring (bicyclic) bond motifs is 1. The fourth-order valence-electron chi connectivity index (χ4n) is 3.15. The van der Waals surface area contributed by atoms with Crippen LogP contribution in [0.5, 0.6) is 5.75 Å². The van der Waals surface area contributed by atoms with Crippen LogP contribution in [-0.4, -0.2) is 25.9 Å². The molecule has 1 amide bonds. The molecule has 0 unspecified atom stereocenters. The molecule has 29 heavy (non-hydrogen) atoms. The van der Waals surface area contributed by atoms with Gasteiger partial charge in [-0.2, -0.15) is 0 Å². The van der Waals surface area contributed by atoms with E-state index in [1.165, 1.54) is 52.9 Å². The number of anilines is 2. The molecule has 9 heteroatoms. The average Bonchev–Trinajstić information content (AvgIpc) is 3.37. The Hall–Kier alpha value is -2.91. The van der Waals surface area contributed by atoms with E-state index in [1.54, 1.807) is 5.38 Å². The zero-order valence-electron chi connectivity index (χ0n) is 15.4. The Morgan fingerprint density at radius 1 is 1.10 bits per heavy atom. The minimum atomic E-state index is -3.72. The molecule has 2 aromatic carbocycles. The summed E-state index contributed by atoms with van der Waals surface area (Å²) in [7, 11) is -3.72. The first-order chi connectivity index (χ1) is 14.0. The molecule has 1 heterocycles. The van der Waals surface area contributed by atoms with Crippen molar-refractivity contribution in [2.24, 2.45) is 0 Å². The Morgan fingerprint density at radius 2 is 1.90 bits per heavy atom. The van der Waals surface area contributed by atoms with Gasteiger partial charge in [-0.25, -0.2) is 13.4 Å². The first kappa shape index (κ1) is 19.4. The monoisotopic (exact) mass is 429 g/mol. The van der Waals surface area contributed by atoms with Crippen LogP contribution in [0.15, 0.2) is 58.9 Å². The SMILES string of the molecule is O=C(COc1ccc2c(c1)CCC2)Nc1ccc(S(=O)(=O)Nc2nccs2)cc1. The molecule has 1 aliphatic rings. The predicted molar refractivity (Wildman–Crippen MR) is 112 cm³/mol. The number of carbonyl (C=O) groups excluding carboxylic acids is 1. The van der Waals surface area contributed by atoms with Crippen molar-refractivity contribution in [3.8, 4) is 5.75 Å². The number of sulfonamides is 1. The third-order valence-corrected chi connectivity index (χ3v) is 6.71. The first-order valence-electron chi connectivity index (χ1n) is 9.06. The maximum atomic E-state index is 12.3. The van der Waals surface area contributed by atoms with E-state index in [9.17, 15) is 13.2 Å². The Bertz CT molecular complexity index is 1110. The van der Waals surface area contributed by atoms with Crippen molar-refractivity contribution in [2.75, 3.05) is 16.6 Å². The normalized spacial score (nSPS) is 13.0. The molecule has 150 valence electrons. The number of carbonyl (C=O) groups is 1. The van der Waals surface area contributed by atoms with Crippen molar-refractivity contribution in [1.29, 1.82) is 0 Å². The molecule has 0 aliphatic heterocycles. The highest BCUT2D eigenvalue weighted by molar-refractivity contribution is 7.93. The molecule has 0 fully saturated rings. The Kier molecular flexibility index (Phi) is 5.50. The standard InChI is InChI=1S/C20H19N3O4S2/c24-19(13-27-17-7-4-14-2-1-3-15(14)12-17)22-16-5-8-18(9-6-16)29(25,26)23-20-21-10-11-28-20/h4-12H,1-3,13H2,(H,21,23)(H,22,24). The summed E-state index contributed by atoms with van der Waals surface area (Å²) >= 11 is 1.19. The van der Waals surface area contributed by atoms with Gasteiger partial charge in [-0.15, -0.1) is 11.3 Å². The van der Waals surface area contributed by atoms with E-state index in [1.807, 2.05) is 12.1 Å². The molecule has 0 saturated heterocycles. The maximum absolute atomic E-state index is 12.3. The second-order valence-electron chi connectivity index (χ2n) is 6.59. The van der Waals surface area contributed by atoms with Gasteiger partial charge in [0.15, 0.2) is 11.7 Å². The molecular formula is C20H19N3O4S2. The second-order valence-corrected chi connectivity index (χ2v) is 9.17. The molecule has 2 N–H and O–H groups in total. The van der Waals surface area contributed by atoms with E-state index < -0.39 is 10.0 Å². The van der Waals surface area contributed by atoms with Gasteiger partial charge in [0.1, 0.15) is 5.75 Å². The van der Waals surface area contributed by atoms with E-state index >= 15 is 0 Å². The summed E-state index contributed by atoms with van der Waals surface area (Å²) < 4.78 is 32.6. The van der Waals surface area contributed by atoms with Crippen molar-refractivity contribution in [3.05, 3.63) is 65.2 Å². The Balaban J connectivity index is 1.33. The van der Waals surface area contributed by atoms with Gasteiger partial charge in [-0.3, -0.25) is 9.52 Å². The molecule has 1 aromatic heterocycles. The van der Waals surface area contributed by atoms with Crippen LogP contribution in [0.25, 0.3) is 0 Å². The highest BCUT2D eigenvalue weighted by Gasteiger charge is 2.16. The van der Waals surface area contributed by atoms with Crippen LogP contribution in [0.1, 0.15) is 17.5 Å². The molecule has 0 bridgehead atoms. The second kappa shape index (κ2) is 8.22. The lowest BCUT2D eigenvalue weighted by Crippen LogP contribution is -2.20. The van der Waals surface area contributed by atoms with E-state index in [4.69, 9.17) is 4.74 Å². The van der Waals surface area contributed by atoms with E-state index in [0.29, 0.717) is 16.6 Å². The topological polar surface area (TPSA) is 97.4 Å². The lowest BCUT2D eigenvalue weighted by atomic mass is 10.1. The molecule has 4 rings (SSSR count). The summed E-state index contributed by atoms with van der Waals surface area (Å²) in [6.45, 7) is -0.121. The van der Waals surface area contributed by atoms with Crippen molar-refractivity contribution < 1.29 is 17.9 Å². The predicted octanol–water partition coefficient (Wildman–Crippen LogP) is 3.45. The van der Waals surface area contributed by atoms with Gasteiger partial charge < -0.3 is 10.1 Å². The van der Waals surface area contributed by atoms with Gasteiger partial charge in [0.05, 0.1) is 4.90 Å². The van der Waals surface area contributed by atoms with Crippen molar-refractivity contribution in [3.63, 3.8) is 0 Å². The van der Waals surface area contributed by atoms with E-state index in [-0.39, 0.29) is 17.4 Å². The van der Waals surface area contributed by atoms with E-state index in [2.05, 4.69) is 21.1 Å². The lowest BCUT2D eigenvalue weighted by Gasteiger charge is -2.10. The number of nitrogens with zero attached hydrogens (tertiary/aromatic N) is 1. The molecule has 0 spiro atoms. The quantitative estimate of drug-likeness (QED) is 0.600. The van der Waals surface area contributed by atoms with Crippen LogP contribution in [0.4, 0.5) is 10.8 Å². The van der Waals surface area contributed by atoms with Crippen LogP contribution >= 0.6 is 11.3 Å². The third kappa shape index (κ3) is 4.75. The summed E-state index contributed by atoms with van der Waals surface area (Å²) in [5.41, 5.74) is 3.12. The van der Waals surface area contributed by atoms with Crippen LogP contribution < -0.4 is 14.8 Å². The zero-order valence-corrected chi connectivity index (χ0v) is 17.1. The summed E-state index contributed by atoms with van der Waals surface area (Å²) in [6, 6.07) is 11.8. The number of aryl methyl sites for hydroxylation is 2. The van der Waals surface area contributed by atoms with Crippen LogP contribution in [0, 0.1) is 0 Å². The molecule has 1 aliphatic carbocycles. The van der Waals surface area contributed by atoms with Gasteiger partial charge in [-0.1, -0.05) is 6.07 Å². The van der Waals surface area contributed by atoms with Gasteiger partial charge in [0, 0.05) is 17.3 Å². The van der Waals surface area contributed by atoms with Crippen molar-refractivity contribution in [2.45, 2.75) is 24.2 Å². The summed E-state index contributed by atoms with van der Waals surface area (Å²) in [4.78, 5) is 16.1. The summed E-state index contributed by atoms with van der Waals surface area (Å²) in [5.74, 6) is 0.359. The van der Waals surface area contributed by atoms with Gasteiger partial charge in [0.2, 0.25) is 0 Å². The van der Waals surface area contributed by atoms with Crippen LogP contribution in [0.3, 0.4) is 0 Å². The van der Waals surface area contributed by atoms with Crippen LogP contribution in [0.2, 0.25) is 0 Å². The number of amides is 1. The van der Waals surface area contributed by atoms with Gasteiger partial charge in [0.25, 0.3) is 15.9 Å². The smallest absolute Gasteiger partial charge is 0.263 e. The first-order valence-corrected chi connectivity index (χ1v) is 11.4. The van der Waals surface area contributed by atoms with Gasteiger partial charge >= 0.3 is 0 Å². The minimum absolute atomic E-state index is 0.0834. The van der Waals surface area contributed by atoms with Crippen molar-refractivity contribution in [1.82, 2.24) is 4.98 Å². The maximum Gasteiger partial charge on any atom is 0.263 e. The number of benzene rings is 2. The zero-order chi connectivity index (χ0) is 20.3. The Labute approximate surface area is 172 Å². The molecule has 0 atom stereocenters. The molecule has 0 radical (unpaired) electrons. The highest BCUT2D eigenvalue weighted by atomic mass is 32.2. The number of hydrogen-bond donors (Lipinski definition) is 2. The summed E-state index contributed by atoms with van der Waals surface area (Å²) in [6.07, 6.45) is 4.82. The number of rotatable bonds is 7. The molecule has 7 nitrogen and oxygen atoms in total. The lowest BCUT2D eigenvalue weighted by molar-refractivity contribution is -0.118. The minimum Gasteiger partial charge on any atom is -0.484 e. The molecule has 0 saturated carbocycles. The number of hydrogen-bond acceptors (Lipinski definition) is 6. The molecular weight excluding hydrogens is 410 g/mol. The Morgan fingerprint density at radius 3 is 2.66 bits per heavy atom. The largest absolute Gasteiger partial charge is 0.484 e.